The zero-order valence-electron chi connectivity index (χ0n) is 9.57. The standard InChI is InChI=1S/C11H18ClN3/c1-7(2)8(3)6-15-10(9-4-5-9)13-14-11(15)12/h7-9H,4-6H2,1-3H3. The van der Waals surface area contributed by atoms with Gasteiger partial charge in [-0.3, -0.25) is 0 Å². The Balaban J connectivity index is 2.15. The molecule has 1 aromatic heterocycles. The van der Waals surface area contributed by atoms with Crippen LogP contribution in [0.5, 0.6) is 0 Å². The van der Waals surface area contributed by atoms with Crippen molar-refractivity contribution in [2.24, 2.45) is 11.8 Å². The van der Waals surface area contributed by atoms with Gasteiger partial charge >= 0.3 is 0 Å². The summed E-state index contributed by atoms with van der Waals surface area (Å²) in [4.78, 5) is 0. The van der Waals surface area contributed by atoms with Crippen molar-refractivity contribution < 1.29 is 0 Å². The zero-order chi connectivity index (χ0) is 11.0. The summed E-state index contributed by atoms with van der Waals surface area (Å²) in [6.45, 7) is 7.66. The number of rotatable bonds is 4. The smallest absolute Gasteiger partial charge is 0.225 e. The molecular formula is C11H18ClN3. The molecule has 0 saturated heterocycles. The Hall–Kier alpha value is -0.570. The Morgan fingerprint density at radius 1 is 1.33 bits per heavy atom. The molecule has 0 spiro atoms. The molecule has 4 heteroatoms. The fraction of sp³-hybridized carbons (Fsp3) is 0.818. The molecule has 84 valence electrons. The third-order valence-electron chi connectivity index (χ3n) is 3.29. The lowest BCUT2D eigenvalue weighted by molar-refractivity contribution is 0.360. The molecule has 0 aliphatic heterocycles. The Labute approximate surface area is 95.8 Å². The van der Waals surface area contributed by atoms with Crippen molar-refractivity contribution in [3.8, 4) is 0 Å². The molecular weight excluding hydrogens is 210 g/mol. The van der Waals surface area contributed by atoms with Gasteiger partial charge in [0.1, 0.15) is 5.82 Å². The molecule has 0 aromatic carbocycles. The van der Waals surface area contributed by atoms with E-state index in [1.54, 1.807) is 0 Å². The number of nitrogens with zero attached hydrogens (tertiary/aromatic N) is 3. The Bertz CT molecular complexity index is 342. The molecule has 1 fully saturated rings. The van der Waals surface area contributed by atoms with E-state index in [4.69, 9.17) is 11.6 Å². The monoisotopic (exact) mass is 227 g/mol. The van der Waals surface area contributed by atoms with Gasteiger partial charge in [0.2, 0.25) is 5.28 Å². The molecule has 1 saturated carbocycles. The quantitative estimate of drug-likeness (QED) is 0.792. The first-order valence-corrected chi connectivity index (χ1v) is 6.06. The van der Waals surface area contributed by atoms with Crippen LogP contribution in [0.3, 0.4) is 0 Å². The molecule has 1 unspecified atom stereocenters. The summed E-state index contributed by atoms with van der Waals surface area (Å²) in [6, 6.07) is 0. The number of hydrogen-bond acceptors (Lipinski definition) is 2. The van der Waals surface area contributed by atoms with Crippen molar-refractivity contribution in [1.29, 1.82) is 0 Å². The van der Waals surface area contributed by atoms with Crippen molar-refractivity contribution in [2.75, 3.05) is 0 Å². The first-order valence-electron chi connectivity index (χ1n) is 5.68. The predicted molar refractivity (Wildman–Crippen MR) is 61.0 cm³/mol. The van der Waals surface area contributed by atoms with Crippen molar-refractivity contribution in [1.82, 2.24) is 14.8 Å². The van der Waals surface area contributed by atoms with Crippen LogP contribution in [-0.4, -0.2) is 14.8 Å². The van der Waals surface area contributed by atoms with E-state index < -0.39 is 0 Å². The lowest BCUT2D eigenvalue weighted by Crippen LogP contribution is -2.15. The lowest BCUT2D eigenvalue weighted by Gasteiger charge is -2.17. The Kier molecular flexibility index (Phi) is 3.01. The highest BCUT2D eigenvalue weighted by molar-refractivity contribution is 6.28. The Morgan fingerprint density at radius 2 is 2.00 bits per heavy atom. The van der Waals surface area contributed by atoms with E-state index in [1.165, 1.54) is 12.8 Å². The number of hydrogen-bond donors (Lipinski definition) is 0. The molecule has 15 heavy (non-hydrogen) atoms. The summed E-state index contributed by atoms with van der Waals surface area (Å²) in [5, 5.41) is 8.69. The van der Waals surface area contributed by atoms with E-state index in [0.29, 0.717) is 23.0 Å². The van der Waals surface area contributed by atoms with Crippen molar-refractivity contribution in [2.45, 2.75) is 46.1 Å². The molecule has 0 amide bonds. The lowest BCUT2D eigenvalue weighted by atomic mass is 9.98. The van der Waals surface area contributed by atoms with E-state index in [-0.39, 0.29) is 0 Å². The van der Waals surface area contributed by atoms with Gasteiger partial charge in [-0.1, -0.05) is 20.8 Å². The molecule has 0 bridgehead atoms. The molecule has 1 heterocycles. The summed E-state index contributed by atoms with van der Waals surface area (Å²) in [6.07, 6.45) is 2.48. The van der Waals surface area contributed by atoms with Crippen molar-refractivity contribution in [3.05, 3.63) is 11.1 Å². The van der Waals surface area contributed by atoms with Gasteiger partial charge in [-0.25, -0.2) is 0 Å². The molecule has 0 radical (unpaired) electrons. The molecule has 1 atom stereocenters. The van der Waals surface area contributed by atoms with E-state index in [0.717, 1.165) is 12.4 Å². The van der Waals surface area contributed by atoms with Gasteiger partial charge in [0.25, 0.3) is 0 Å². The average molecular weight is 228 g/mol. The zero-order valence-corrected chi connectivity index (χ0v) is 10.3. The first kappa shape index (κ1) is 10.9. The summed E-state index contributed by atoms with van der Waals surface area (Å²) in [7, 11) is 0. The molecule has 1 aliphatic rings. The van der Waals surface area contributed by atoms with E-state index >= 15 is 0 Å². The highest BCUT2D eigenvalue weighted by Gasteiger charge is 2.30. The van der Waals surface area contributed by atoms with Crippen LogP contribution >= 0.6 is 11.6 Å². The maximum Gasteiger partial charge on any atom is 0.225 e. The Morgan fingerprint density at radius 3 is 2.53 bits per heavy atom. The molecule has 2 rings (SSSR count). The van der Waals surface area contributed by atoms with Crippen LogP contribution < -0.4 is 0 Å². The van der Waals surface area contributed by atoms with Crippen LogP contribution in [0, 0.1) is 11.8 Å². The maximum atomic E-state index is 6.05. The van der Waals surface area contributed by atoms with Gasteiger partial charge in [0, 0.05) is 12.5 Å². The summed E-state index contributed by atoms with van der Waals surface area (Å²) < 4.78 is 2.09. The summed E-state index contributed by atoms with van der Waals surface area (Å²) >= 11 is 6.05. The second-order valence-electron chi connectivity index (χ2n) is 4.93. The fourth-order valence-corrected chi connectivity index (χ4v) is 1.80. The van der Waals surface area contributed by atoms with Crippen LogP contribution in [0.15, 0.2) is 0 Å². The number of aromatic nitrogens is 3. The van der Waals surface area contributed by atoms with E-state index in [9.17, 15) is 0 Å². The largest absolute Gasteiger partial charge is 0.301 e. The third-order valence-corrected chi connectivity index (χ3v) is 3.57. The molecule has 1 aromatic rings. The average Bonchev–Trinajstić information content (AvgIpc) is 2.95. The maximum absolute atomic E-state index is 6.05. The third kappa shape index (κ3) is 2.33. The number of halogens is 1. The predicted octanol–water partition coefficient (Wildman–Crippen LogP) is 3.10. The second kappa shape index (κ2) is 4.12. The van der Waals surface area contributed by atoms with Gasteiger partial charge < -0.3 is 4.57 Å². The second-order valence-corrected chi connectivity index (χ2v) is 5.27. The molecule has 0 N–H and O–H groups in total. The van der Waals surface area contributed by atoms with Crippen molar-refractivity contribution >= 4 is 11.6 Å². The van der Waals surface area contributed by atoms with Crippen LogP contribution in [0.2, 0.25) is 5.28 Å². The van der Waals surface area contributed by atoms with Crippen LogP contribution in [0.4, 0.5) is 0 Å². The van der Waals surface area contributed by atoms with Gasteiger partial charge in [-0.05, 0) is 36.3 Å². The van der Waals surface area contributed by atoms with E-state index in [1.807, 2.05) is 0 Å². The normalized spacial score (nSPS) is 18.5. The SMILES string of the molecule is CC(C)C(C)Cn1c(Cl)nnc1C1CC1. The van der Waals surface area contributed by atoms with Crippen LogP contribution in [-0.2, 0) is 6.54 Å². The molecule has 1 aliphatic carbocycles. The summed E-state index contributed by atoms with van der Waals surface area (Å²) in [5.74, 6) is 2.98. The highest BCUT2D eigenvalue weighted by atomic mass is 35.5. The van der Waals surface area contributed by atoms with Gasteiger partial charge in [-0.2, -0.15) is 0 Å². The summed E-state index contributed by atoms with van der Waals surface area (Å²) in [5.41, 5.74) is 0. The minimum absolute atomic E-state index is 0.546. The van der Waals surface area contributed by atoms with Gasteiger partial charge in [0.15, 0.2) is 0 Å². The van der Waals surface area contributed by atoms with Crippen molar-refractivity contribution in [3.63, 3.8) is 0 Å². The van der Waals surface area contributed by atoms with Gasteiger partial charge in [-0.15, -0.1) is 10.2 Å². The fourth-order valence-electron chi connectivity index (χ4n) is 1.61. The minimum Gasteiger partial charge on any atom is -0.301 e. The van der Waals surface area contributed by atoms with Crippen LogP contribution in [0.25, 0.3) is 0 Å². The molecule has 3 nitrogen and oxygen atoms in total. The highest BCUT2D eigenvalue weighted by Crippen LogP contribution is 2.39. The van der Waals surface area contributed by atoms with E-state index in [2.05, 4.69) is 35.5 Å². The topological polar surface area (TPSA) is 30.7 Å². The first-order chi connectivity index (χ1) is 7.09. The van der Waals surface area contributed by atoms with Gasteiger partial charge in [0.05, 0.1) is 0 Å². The minimum atomic E-state index is 0.546. The van der Waals surface area contributed by atoms with Crippen LogP contribution in [0.1, 0.15) is 45.4 Å².